The van der Waals surface area contributed by atoms with Crippen molar-refractivity contribution in [2.24, 2.45) is 10.9 Å². The molecule has 1 aromatic rings. The third-order valence-electron chi connectivity index (χ3n) is 3.06. The predicted molar refractivity (Wildman–Crippen MR) is 71.4 cm³/mol. The second-order valence-electron chi connectivity index (χ2n) is 4.51. The summed E-state index contributed by atoms with van der Waals surface area (Å²) in [6, 6.07) is 1.90. The van der Waals surface area contributed by atoms with E-state index in [0.717, 1.165) is 24.6 Å². The van der Waals surface area contributed by atoms with Crippen LogP contribution in [0.15, 0.2) is 17.1 Å². The maximum Gasteiger partial charge on any atom is 0.161 e. The van der Waals surface area contributed by atoms with Crippen molar-refractivity contribution in [2.45, 2.75) is 18.1 Å². The molecule has 0 saturated heterocycles. The molecule has 1 unspecified atom stereocenters. The maximum absolute atomic E-state index is 13.6. The Kier molecular flexibility index (Phi) is 3.20. The van der Waals surface area contributed by atoms with Crippen LogP contribution < -0.4 is 5.32 Å². The number of nitrogens with zero attached hydrogens (tertiary/aromatic N) is 1. The minimum absolute atomic E-state index is 0.0330. The zero-order chi connectivity index (χ0) is 12.7. The molecule has 2 nitrogen and oxygen atoms in total. The minimum Gasteiger partial charge on any atom is -0.331 e. The van der Waals surface area contributed by atoms with Crippen molar-refractivity contribution >= 4 is 34.2 Å². The molecule has 0 amide bonds. The summed E-state index contributed by atoms with van der Waals surface area (Å²) in [5.74, 6) is -0.635. The smallest absolute Gasteiger partial charge is 0.161 e. The van der Waals surface area contributed by atoms with E-state index in [2.05, 4.69) is 10.3 Å². The highest BCUT2D eigenvalue weighted by molar-refractivity contribution is 8.15. The molecule has 1 aromatic carbocycles. The van der Waals surface area contributed by atoms with E-state index in [1.807, 2.05) is 0 Å². The fourth-order valence-electron chi connectivity index (χ4n) is 1.94. The number of amidine groups is 1. The third kappa shape index (κ3) is 2.47. The van der Waals surface area contributed by atoms with E-state index in [9.17, 15) is 8.78 Å². The van der Waals surface area contributed by atoms with Gasteiger partial charge in [-0.3, -0.25) is 4.99 Å². The summed E-state index contributed by atoms with van der Waals surface area (Å²) in [6.07, 6.45) is 2.51. The first-order chi connectivity index (χ1) is 8.63. The lowest BCUT2D eigenvalue weighted by atomic mass is 10.3. The van der Waals surface area contributed by atoms with E-state index >= 15 is 0 Å². The molecule has 18 heavy (non-hydrogen) atoms. The quantitative estimate of drug-likeness (QED) is 0.892. The van der Waals surface area contributed by atoms with E-state index < -0.39 is 11.6 Å². The number of hydrogen-bond acceptors (Lipinski definition) is 3. The molecule has 1 heterocycles. The Morgan fingerprint density at radius 2 is 2.11 bits per heavy atom. The Balaban J connectivity index is 1.73. The van der Waals surface area contributed by atoms with Gasteiger partial charge in [-0.25, -0.2) is 8.78 Å². The molecular weight excluding hydrogens is 278 g/mol. The van der Waals surface area contributed by atoms with Crippen LogP contribution >= 0.6 is 23.4 Å². The second-order valence-corrected chi connectivity index (χ2v) is 6.14. The van der Waals surface area contributed by atoms with Gasteiger partial charge in [-0.2, -0.15) is 0 Å². The van der Waals surface area contributed by atoms with Crippen molar-refractivity contribution in [3.05, 3.63) is 28.8 Å². The first-order valence-corrected chi connectivity index (χ1v) is 7.02. The molecule has 1 saturated carbocycles. The van der Waals surface area contributed by atoms with Crippen LogP contribution in [0, 0.1) is 17.6 Å². The van der Waals surface area contributed by atoms with Crippen molar-refractivity contribution in [2.75, 3.05) is 11.9 Å². The number of thioether (sulfide) groups is 1. The van der Waals surface area contributed by atoms with Crippen LogP contribution in [-0.2, 0) is 0 Å². The SMILES string of the molecule is Fc1cc(F)c(NC2=NCC(C3CC3)S2)c(Cl)c1. The number of nitrogens with one attached hydrogen (secondary N) is 1. The normalized spacial score (nSPS) is 23.1. The Morgan fingerprint density at radius 3 is 2.78 bits per heavy atom. The molecule has 1 N–H and O–H groups in total. The zero-order valence-corrected chi connectivity index (χ0v) is 11.0. The van der Waals surface area contributed by atoms with Crippen molar-refractivity contribution in [3.8, 4) is 0 Å². The van der Waals surface area contributed by atoms with Gasteiger partial charge in [0.15, 0.2) is 11.0 Å². The lowest BCUT2D eigenvalue weighted by Crippen LogP contribution is -2.10. The van der Waals surface area contributed by atoms with Gasteiger partial charge in [-0.1, -0.05) is 23.4 Å². The summed E-state index contributed by atoms with van der Waals surface area (Å²) >= 11 is 7.44. The molecule has 2 aliphatic rings. The molecule has 1 atom stereocenters. The van der Waals surface area contributed by atoms with Crippen LogP contribution in [0.25, 0.3) is 0 Å². The maximum atomic E-state index is 13.6. The second kappa shape index (κ2) is 4.70. The molecular formula is C12H11ClF2N2S. The van der Waals surface area contributed by atoms with Crippen LogP contribution in [0.2, 0.25) is 5.02 Å². The van der Waals surface area contributed by atoms with E-state index in [1.165, 1.54) is 12.8 Å². The van der Waals surface area contributed by atoms with E-state index in [-0.39, 0.29) is 10.7 Å². The molecule has 0 aromatic heterocycles. The van der Waals surface area contributed by atoms with Crippen molar-refractivity contribution < 1.29 is 8.78 Å². The highest BCUT2D eigenvalue weighted by Crippen LogP contribution is 2.42. The molecule has 0 radical (unpaired) electrons. The third-order valence-corrected chi connectivity index (χ3v) is 4.65. The van der Waals surface area contributed by atoms with Crippen LogP contribution in [0.3, 0.4) is 0 Å². The Hall–Kier alpha value is -0.810. The molecule has 96 valence electrons. The Bertz CT molecular complexity index is 494. The number of aliphatic imine (C=N–C) groups is 1. The highest BCUT2D eigenvalue weighted by Gasteiger charge is 2.35. The van der Waals surface area contributed by atoms with Crippen LogP contribution in [0.4, 0.5) is 14.5 Å². The molecule has 6 heteroatoms. The van der Waals surface area contributed by atoms with Gasteiger partial charge >= 0.3 is 0 Å². The van der Waals surface area contributed by atoms with Crippen LogP contribution in [0.5, 0.6) is 0 Å². The van der Waals surface area contributed by atoms with Gasteiger partial charge in [0.05, 0.1) is 17.3 Å². The van der Waals surface area contributed by atoms with Gasteiger partial charge in [0.25, 0.3) is 0 Å². The van der Waals surface area contributed by atoms with E-state index in [4.69, 9.17) is 11.6 Å². The van der Waals surface area contributed by atoms with E-state index in [1.54, 1.807) is 11.8 Å². The Labute approximate surface area is 113 Å². The summed E-state index contributed by atoms with van der Waals surface area (Å²) in [5, 5.41) is 4.05. The largest absolute Gasteiger partial charge is 0.331 e. The van der Waals surface area contributed by atoms with Crippen LogP contribution in [0.1, 0.15) is 12.8 Å². The number of rotatable bonds is 2. The van der Waals surface area contributed by atoms with Gasteiger partial charge in [0.1, 0.15) is 5.82 Å². The Morgan fingerprint density at radius 1 is 1.33 bits per heavy atom. The zero-order valence-electron chi connectivity index (χ0n) is 9.42. The number of benzene rings is 1. The fourth-order valence-corrected chi connectivity index (χ4v) is 3.39. The molecule has 1 aliphatic carbocycles. The van der Waals surface area contributed by atoms with Gasteiger partial charge in [-0.05, 0) is 24.8 Å². The monoisotopic (exact) mass is 288 g/mol. The first kappa shape index (κ1) is 12.2. The van der Waals surface area contributed by atoms with Crippen molar-refractivity contribution in [1.29, 1.82) is 0 Å². The summed E-state index contributed by atoms with van der Waals surface area (Å²) in [5.41, 5.74) is 0.0979. The number of halogens is 3. The standard InChI is InChI=1S/C12H11ClF2N2S/c13-8-3-7(14)4-9(15)11(8)17-12-16-5-10(18-12)6-1-2-6/h3-4,6,10H,1-2,5H2,(H,16,17). The number of hydrogen-bond donors (Lipinski definition) is 1. The van der Waals surface area contributed by atoms with Gasteiger partial charge in [0, 0.05) is 11.3 Å². The topological polar surface area (TPSA) is 24.4 Å². The number of anilines is 1. The average molecular weight is 289 g/mol. The summed E-state index contributed by atoms with van der Waals surface area (Å²) < 4.78 is 26.5. The first-order valence-electron chi connectivity index (χ1n) is 5.76. The van der Waals surface area contributed by atoms with E-state index in [0.29, 0.717) is 10.4 Å². The highest BCUT2D eigenvalue weighted by atomic mass is 35.5. The molecule has 1 aliphatic heterocycles. The summed E-state index contributed by atoms with van der Waals surface area (Å²) in [6.45, 7) is 0.762. The summed E-state index contributed by atoms with van der Waals surface area (Å²) in [7, 11) is 0. The lowest BCUT2D eigenvalue weighted by molar-refractivity contribution is 0.586. The van der Waals surface area contributed by atoms with Crippen LogP contribution in [-0.4, -0.2) is 17.0 Å². The molecule has 3 rings (SSSR count). The summed E-state index contributed by atoms with van der Waals surface area (Å²) in [4.78, 5) is 4.33. The molecule has 0 spiro atoms. The van der Waals surface area contributed by atoms with Gasteiger partial charge in [0.2, 0.25) is 0 Å². The van der Waals surface area contributed by atoms with Gasteiger partial charge < -0.3 is 5.32 Å². The molecule has 1 fully saturated rings. The average Bonchev–Trinajstić information content (AvgIpc) is 3.04. The lowest BCUT2D eigenvalue weighted by Gasteiger charge is -2.10. The van der Waals surface area contributed by atoms with Crippen molar-refractivity contribution in [3.63, 3.8) is 0 Å². The minimum atomic E-state index is -0.696. The van der Waals surface area contributed by atoms with Crippen molar-refractivity contribution in [1.82, 2.24) is 0 Å². The van der Waals surface area contributed by atoms with Gasteiger partial charge in [-0.15, -0.1) is 0 Å². The fraction of sp³-hybridized carbons (Fsp3) is 0.417. The predicted octanol–water partition coefficient (Wildman–Crippen LogP) is 3.91. The molecule has 0 bridgehead atoms.